The minimum absolute atomic E-state index is 0.0487. The van der Waals surface area contributed by atoms with Gasteiger partial charge in [-0.25, -0.2) is 0 Å². The van der Waals surface area contributed by atoms with Gasteiger partial charge >= 0.3 is 0 Å². The standard InChI is InChI=1S/C16H21ClN2O/c1-9-4-3-5-10(2)16(9)19-14-6-11-7-15(20)18-13(11)8-12(14)17/h6,8-10,16,19H,3-5,7H2,1-2H3,(H,18,20). The lowest BCUT2D eigenvalue weighted by Gasteiger charge is -2.36. The van der Waals surface area contributed by atoms with Crippen molar-refractivity contribution in [2.75, 3.05) is 10.6 Å². The number of nitrogens with one attached hydrogen (secondary N) is 2. The van der Waals surface area contributed by atoms with Crippen LogP contribution in [0.2, 0.25) is 5.02 Å². The molecule has 4 heteroatoms. The zero-order chi connectivity index (χ0) is 14.3. The first-order chi connectivity index (χ1) is 9.54. The Morgan fingerprint density at radius 3 is 2.65 bits per heavy atom. The van der Waals surface area contributed by atoms with E-state index in [2.05, 4.69) is 24.5 Å². The lowest BCUT2D eigenvalue weighted by molar-refractivity contribution is -0.115. The Kier molecular flexibility index (Phi) is 3.63. The SMILES string of the molecule is CC1CCCC(C)C1Nc1cc2c(cc1Cl)NC(=O)C2. The predicted molar refractivity (Wildman–Crippen MR) is 83.4 cm³/mol. The van der Waals surface area contributed by atoms with E-state index in [1.165, 1.54) is 19.3 Å². The van der Waals surface area contributed by atoms with Crippen molar-refractivity contribution in [3.8, 4) is 0 Å². The summed E-state index contributed by atoms with van der Waals surface area (Å²) in [4.78, 5) is 11.4. The molecule has 3 nitrogen and oxygen atoms in total. The molecule has 2 unspecified atom stereocenters. The highest BCUT2D eigenvalue weighted by Gasteiger charge is 2.28. The molecule has 0 radical (unpaired) electrons. The van der Waals surface area contributed by atoms with Gasteiger partial charge < -0.3 is 10.6 Å². The summed E-state index contributed by atoms with van der Waals surface area (Å²) in [6.07, 6.45) is 4.31. The molecule has 1 fully saturated rings. The number of amides is 1. The molecule has 0 bridgehead atoms. The Balaban J connectivity index is 1.84. The summed E-state index contributed by atoms with van der Waals surface area (Å²) in [6.45, 7) is 4.61. The van der Waals surface area contributed by atoms with Crippen LogP contribution < -0.4 is 10.6 Å². The van der Waals surface area contributed by atoms with Gasteiger partial charge in [-0.15, -0.1) is 0 Å². The van der Waals surface area contributed by atoms with Crippen LogP contribution in [0.5, 0.6) is 0 Å². The topological polar surface area (TPSA) is 41.1 Å². The second kappa shape index (κ2) is 5.28. The van der Waals surface area contributed by atoms with Crippen LogP contribution in [0, 0.1) is 11.8 Å². The average Bonchev–Trinajstić information content (AvgIpc) is 2.73. The summed E-state index contributed by atoms with van der Waals surface area (Å²) >= 11 is 6.36. The predicted octanol–water partition coefficient (Wildman–Crippen LogP) is 4.07. The fourth-order valence-corrected chi connectivity index (χ4v) is 3.72. The van der Waals surface area contributed by atoms with Crippen LogP contribution in [-0.4, -0.2) is 11.9 Å². The van der Waals surface area contributed by atoms with Gasteiger partial charge in [-0.2, -0.15) is 0 Å². The van der Waals surface area contributed by atoms with Crippen molar-refractivity contribution in [2.24, 2.45) is 11.8 Å². The number of hydrogen-bond donors (Lipinski definition) is 2. The summed E-state index contributed by atoms with van der Waals surface area (Å²) in [6, 6.07) is 4.36. The molecule has 2 atom stereocenters. The van der Waals surface area contributed by atoms with E-state index in [-0.39, 0.29) is 5.91 Å². The molecular weight excluding hydrogens is 272 g/mol. The molecule has 108 valence electrons. The molecule has 0 saturated heterocycles. The Labute approximate surface area is 125 Å². The van der Waals surface area contributed by atoms with Gasteiger partial charge in [0.2, 0.25) is 5.91 Å². The van der Waals surface area contributed by atoms with E-state index in [0.29, 0.717) is 29.3 Å². The fraction of sp³-hybridized carbons (Fsp3) is 0.562. The normalized spacial score (nSPS) is 28.9. The fourth-order valence-electron chi connectivity index (χ4n) is 3.50. The van der Waals surface area contributed by atoms with Crippen molar-refractivity contribution < 1.29 is 4.79 Å². The summed E-state index contributed by atoms with van der Waals surface area (Å²) < 4.78 is 0. The molecule has 0 spiro atoms. The van der Waals surface area contributed by atoms with E-state index in [9.17, 15) is 4.79 Å². The van der Waals surface area contributed by atoms with Gasteiger partial charge in [-0.05, 0) is 42.4 Å². The first-order valence-electron chi connectivity index (χ1n) is 7.43. The van der Waals surface area contributed by atoms with Crippen LogP contribution in [0.15, 0.2) is 12.1 Å². The van der Waals surface area contributed by atoms with Crippen LogP contribution in [0.4, 0.5) is 11.4 Å². The molecule has 1 heterocycles. The van der Waals surface area contributed by atoms with Gasteiger partial charge in [0.25, 0.3) is 0 Å². The van der Waals surface area contributed by atoms with Gasteiger partial charge in [-0.1, -0.05) is 31.9 Å². The second-order valence-electron chi connectivity index (χ2n) is 6.27. The number of carbonyl (C=O) groups is 1. The number of halogens is 1. The molecule has 1 saturated carbocycles. The second-order valence-corrected chi connectivity index (χ2v) is 6.68. The molecule has 20 heavy (non-hydrogen) atoms. The maximum Gasteiger partial charge on any atom is 0.228 e. The van der Waals surface area contributed by atoms with Crippen LogP contribution in [0.1, 0.15) is 38.7 Å². The first-order valence-corrected chi connectivity index (χ1v) is 7.81. The van der Waals surface area contributed by atoms with Crippen molar-refractivity contribution in [1.29, 1.82) is 0 Å². The Morgan fingerprint density at radius 2 is 1.95 bits per heavy atom. The van der Waals surface area contributed by atoms with Crippen molar-refractivity contribution in [1.82, 2.24) is 0 Å². The summed E-state index contributed by atoms with van der Waals surface area (Å²) in [7, 11) is 0. The number of carbonyl (C=O) groups excluding carboxylic acids is 1. The molecule has 1 amide bonds. The van der Waals surface area contributed by atoms with Gasteiger partial charge in [0.05, 0.1) is 17.1 Å². The zero-order valence-corrected chi connectivity index (χ0v) is 12.8. The maximum absolute atomic E-state index is 11.4. The van der Waals surface area contributed by atoms with Gasteiger partial charge in [0.1, 0.15) is 0 Å². The summed E-state index contributed by atoms with van der Waals surface area (Å²) in [5, 5.41) is 7.15. The van der Waals surface area contributed by atoms with Crippen molar-refractivity contribution in [3.05, 3.63) is 22.7 Å². The highest BCUT2D eigenvalue weighted by Crippen LogP contribution is 2.36. The Hall–Kier alpha value is -1.22. The van der Waals surface area contributed by atoms with Gasteiger partial charge in [-0.3, -0.25) is 4.79 Å². The van der Waals surface area contributed by atoms with Crippen LogP contribution in [0.25, 0.3) is 0 Å². The highest BCUT2D eigenvalue weighted by atomic mass is 35.5. The average molecular weight is 293 g/mol. The third-order valence-electron chi connectivity index (χ3n) is 4.69. The van der Waals surface area contributed by atoms with E-state index >= 15 is 0 Å². The molecule has 3 rings (SSSR count). The third kappa shape index (κ3) is 2.51. The number of benzene rings is 1. The third-order valence-corrected chi connectivity index (χ3v) is 5.00. The molecule has 1 aliphatic carbocycles. The van der Waals surface area contributed by atoms with Gasteiger partial charge in [0.15, 0.2) is 0 Å². The molecule has 1 aromatic rings. The number of fused-ring (bicyclic) bond motifs is 1. The smallest absolute Gasteiger partial charge is 0.228 e. The zero-order valence-electron chi connectivity index (χ0n) is 12.0. The van der Waals surface area contributed by atoms with E-state index in [1.807, 2.05) is 12.1 Å². The number of rotatable bonds is 2. The summed E-state index contributed by atoms with van der Waals surface area (Å²) in [5.41, 5.74) is 2.86. The van der Waals surface area contributed by atoms with Crippen molar-refractivity contribution >= 4 is 28.9 Å². The highest BCUT2D eigenvalue weighted by molar-refractivity contribution is 6.33. The lowest BCUT2D eigenvalue weighted by Crippen LogP contribution is -2.37. The first kappa shape index (κ1) is 13.7. The Morgan fingerprint density at radius 1 is 1.25 bits per heavy atom. The van der Waals surface area contributed by atoms with E-state index in [0.717, 1.165) is 16.9 Å². The van der Waals surface area contributed by atoms with Crippen molar-refractivity contribution in [2.45, 2.75) is 45.6 Å². The van der Waals surface area contributed by atoms with E-state index < -0.39 is 0 Å². The van der Waals surface area contributed by atoms with E-state index in [4.69, 9.17) is 11.6 Å². The maximum atomic E-state index is 11.4. The molecule has 0 aromatic heterocycles. The molecule has 1 aromatic carbocycles. The van der Waals surface area contributed by atoms with Crippen LogP contribution >= 0.6 is 11.6 Å². The minimum atomic E-state index is 0.0487. The molecule has 1 aliphatic heterocycles. The van der Waals surface area contributed by atoms with Crippen molar-refractivity contribution in [3.63, 3.8) is 0 Å². The lowest BCUT2D eigenvalue weighted by atomic mass is 9.78. The monoisotopic (exact) mass is 292 g/mol. The minimum Gasteiger partial charge on any atom is -0.381 e. The quantitative estimate of drug-likeness (QED) is 0.862. The largest absolute Gasteiger partial charge is 0.381 e. The number of anilines is 2. The van der Waals surface area contributed by atoms with E-state index in [1.54, 1.807) is 0 Å². The molecule has 2 aliphatic rings. The number of hydrogen-bond acceptors (Lipinski definition) is 2. The molecule has 2 N–H and O–H groups in total. The van der Waals surface area contributed by atoms with Crippen LogP contribution in [0.3, 0.4) is 0 Å². The van der Waals surface area contributed by atoms with Gasteiger partial charge in [0, 0.05) is 11.7 Å². The molecular formula is C16H21ClN2O. The Bertz CT molecular complexity index is 534. The summed E-state index contributed by atoms with van der Waals surface area (Å²) in [5.74, 6) is 1.36. The van der Waals surface area contributed by atoms with Crippen LogP contribution in [-0.2, 0) is 11.2 Å².